The molecule has 78 valence electrons. The third-order valence-corrected chi connectivity index (χ3v) is 1.72. The van der Waals surface area contributed by atoms with Crippen molar-refractivity contribution >= 4 is 5.97 Å². The number of hydrogen-bond donors (Lipinski definition) is 3. The molecule has 1 unspecified atom stereocenters. The highest BCUT2D eigenvalue weighted by atomic mass is 16.5. The second-order valence-electron chi connectivity index (χ2n) is 2.81. The van der Waals surface area contributed by atoms with Gasteiger partial charge in [-0.25, -0.2) is 0 Å². The van der Waals surface area contributed by atoms with Gasteiger partial charge in [-0.1, -0.05) is 6.42 Å². The normalized spacial score (nSPS) is 12.8. The number of carbonyl (C=O) groups is 1. The molecule has 0 bridgehead atoms. The van der Waals surface area contributed by atoms with E-state index in [0.29, 0.717) is 13.0 Å². The molecule has 0 fully saturated rings. The first-order valence-electron chi connectivity index (χ1n) is 4.37. The maximum atomic E-state index is 10.7. The molecule has 5 heteroatoms. The van der Waals surface area contributed by atoms with Crippen LogP contribution in [0.15, 0.2) is 0 Å². The van der Waals surface area contributed by atoms with Crippen LogP contribution < -0.4 is 11.1 Å². The van der Waals surface area contributed by atoms with Gasteiger partial charge >= 0.3 is 5.97 Å². The maximum Gasteiger partial charge on any atom is 0.320 e. The molecule has 4 N–H and O–H groups in total. The van der Waals surface area contributed by atoms with Gasteiger partial charge in [0, 0.05) is 7.11 Å². The SMILES string of the molecule is COCNC(CCCCN)C(=O)O. The summed E-state index contributed by atoms with van der Waals surface area (Å²) < 4.78 is 4.73. The number of carboxylic acid groups (broad SMARTS) is 1. The monoisotopic (exact) mass is 190 g/mol. The lowest BCUT2D eigenvalue weighted by molar-refractivity contribution is -0.140. The van der Waals surface area contributed by atoms with Gasteiger partial charge < -0.3 is 15.6 Å². The Morgan fingerprint density at radius 2 is 2.31 bits per heavy atom. The zero-order chi connectivity index (χ0) is 10.1. The predicted molar refractivity (Wildman–Crippen MR) is 49.3 cm³/mol. The van der Waals surface area contributed by atoms with E-state index in [2.05, 4.69) is 5.32 Å². The second kappa shape index (κ2) is 7.97. The topological polar surface area (TPSA) is 84.6 Å². The summed E-state index contributed by atoms with van der Waals surface area (Å²) >= 11 is 0. The molecule has 0 aliphatic rings. The fraction of sp³-hybridized carbons (Fsp3) is 0.875. The van der Waals surface area contributed by atoms with Gasteiger partial charge in [0.2, 0.25) is 0 Å². The molecule has 0 aromatic rings. The van der Waals surface area contributed by atoms with E-state index in [-0.39, 0.29) is 6.73 Å². The van der Waals surface area contributed by atoms with E-state index in [0.717, 1.165) is 12.8 Å². The molecule has 0 aliphatic carbocycles. The van der Waals surface area contributed by atoms with Gasteiger partial charge in [0.1, 0.15) is 6.04 Å². The van der Waals surface area contributed by atoms with Gasteiger partial charge in [-0.05, 0) is 19.4 Å². The molecule has 13 heavy (non-hydrogen) atoms. The Labute approximate surface area is 78.3 Å². The van der Waals surface area contributed by atoms with Gasteiger partial charge in [0.05, 0.1) is 6.73 Å². The van der Waals surface area contributed by atoms with Crippen LogP contribution in [0.4, 0.5) is 0 Å². The standard InChI is InChI=1S/C8H18N2O3/c1-13-6-10-7(8(11)12)4-2-3-5-9/h7,10H,2-6,9H2,1H3,(H,11,12). The number of methoxy groups -OCH3 is 1. The van der Waals surface area contributed by atoms with Crippen LogP contribution in [0, 0.1) is 0 Å². The summed E-state index contributed by atoms with van der Waals surface area (Å²) in [5.41, 5.74) is 5.30. The van der Waals surface area contributed by atoms with Crippen molar-refractivity contribution in [2.24, 2.45) is 5.73 Å². The van der Waals surface area contributed by atoms with Crippen LogP contribution >= 0.6 is 0 Å². The molecule has 0 radical (unpaired) electrons. The summed E-state index contributed by atoms with van der Waals surface area (Å²) in [6, 6.07) is -0.522. The lowest BCUT2D eigenvalue weighted by Crippen LogP contribution is -2.37. The van der Waals surface area contributed by atoms with Crippen LogP contribution in [0.5, 0.6) is 0 Å². The number of hydrogen-bond acceptors (Lipinski definition) is 4. The minimum Gasteiger partial charge on any atom is -0.480 e. The molecule has 0 aromatic heterocycles. The van der Waals surface area contributed by atoms with Crippen LogP contribution in [0.25, 0.3) is 0 Å². The fourth-order valence-corrected chi connectivity index (χ4v) is 0.990. The third kappa shape index (κ3) is 6.51. The van der Waals surface area contributed by atoms with Crippen LogP contribution in [-0.2, 0) is 9.53 Å². The molecular formula is C8H18N2O3. The minimum atomic E-state index is -0.839. The Hall–Kier alpha value is -0.650. The largest absolute Gasteiger partial charge is 0.480 e. The van der Waals surface area contributed by atoms with E-state index in [9.17, 15) is 4.79 Å². The van der Waals surface area contributed by atoms with Crippen molar-refractivity contribution in [1.29, 1.82) is 0 Å². The zero-order valence-electron chi connectivity index (χ0n) is 7.95. The third-order valence-electron chi connectivity index (χ3n) is 1.72. The quantitative estimate of drug-likeness (QED) is 0.363. The van der Waals surface area contributed by atoms with Crippen molar-refractivity contribution < 1.29 is 14.6 Å². The Morgan fingerprint density at radius 3 is 2.77 bits per heavy atom. The average Bonchev–Trinajstić information content (AvgIpc) is 2.10. The van der Waals surface area contributed by atoms with Gasteiger partial charge in [-0.2, -0.15) is 0 Å². The van der Waals surface area contributed by atoms with Crippen molar-refractivity contribution in [2.45, 2.75) is 25.3 Å². The fourth-order valence-electron chi connectivity index (χ4n) is 0.990. The van der Waals surface area contributed by atoms with Gasteiger partial charge in [-0.3, -0.25) is 10.1 Å². The number of carboxylic acids is 1. The number of ether oxygens (including phenoxy) is 1. The van der Waals surface area contributed by atoms with Crippen molar-refractivity contribution in [3.05, 3.63) is 0 Å². The highest BCUT2D eigenvalue weighted by Crippen LogP contribution is 2.00. The number of nitrogens with one attached hydrogen (secondary N) is 1. The molecule has 0 spiro atoms. The predicted octanol–water partition coefficient (Wildman–Crippen LogP) is -0.238. The zero-order valence-corrected chi connectivity index (χ0v) is 7.95. The van der Waals surface area contributed by atoms with E-state index in [4.69, 9.17) is 15.6 Å². The molecule has 0 saturated heterocycles. The van der Waals surface area contributed by atoms with Crippen LogP contribution in [-0.4, -0.2) is 37.5 Å². The van der Waals surface area contributed by atoms with E-state index >= 15 is 0 Å². The second-order valence-corrected chi connectivity index (χ2v) is 2.81. The summed E-state index contributed by atoms with van der Waals surface area (Å²) in [4.78, 5) is 10.7. The number of unbranched alkanes of at least 4 members (excludes halogenated alkanes) is 1. The van der Waals surface area contributed by atoms with Crippen LogP contribution in [0.3, 0.4) is 0 Å². The van der Waals surface area contributed by atoms with Gasteiger partial charge in [0.25, 0.3) is 0 Å². The lowest BCUT2D eigenvalue weighted by Gasteiger charge is -2.12. The van der Waals surface area contributed by atoms with Crippen molar-refractivity contribution in [1.82, 2.24) is 5.32 Å². The molecule has 0 aromatic carbocycles. The lowest BCUT2D eigenvalue weighted by atomic mass is 10.1. The first-order chi connectivity index (χ1) is 6.22. The number of rotatable bonds is 8. The average molecular weight is 190 g/mol. The van der Waals surface area contributed by atoms with Crippen LogP contribution in [0.1, 0.15) is 19.3 Å². The van der Waals surface area contributed by atoms with Crippen molar-refractivity contribution in [2.75, 3.05) is 20.4 Å². The summed E-state index contributed by atoms with van der Waals surface area (Å²) in [5.74, 6) is -0.839. The summed E-state index contributed by atoms with van der Waals surface area (Å²) in [6.45, 7) is 0.871. The first-order valence-corrected chi connectivity index (χ1v) is 4.37. The van der Waals surface area contributed by atoms with E-state index < -0.39 is 12.0 Å². The summed E-state index contributed by atoms with van der Waals surface area (Å²) in [5, 5.41) is 11.5. The Kier molecular flexibility index (Phi) is 7.57. The molecule has 0 amide bonds. The number of nitrogens with two attached hydrogens (primary N) is 1. The van der Waals surface area contributed by atoms with E-state index in [1.54, 1.807) is 0 Å². The van der Waals surface area contributed by atoms with Crippen molar-refractivity contribution in [3.63, 3.8) is 0 Å². The Balaban J connectivity index is 3.61. The highest BCUT2D eigenvalue weighted by Gasteiger charge is 2.14. The Morgan fingerprint density at radius 1 is 1.62 bits per heavy atom. The smallest absolute Gasteiger partial charge is 0.320 e. The molecule has 0 saturated carbocycles. The molecular weight excluding hydrogens is 172 g/mol. The van der Waals surface area contributed by atoms with Gasteiger partial charge in [-0.15, -0.1) is 0 Å². The highest BCUT2D eigenvalue weighted by molar-refractivity contribution is 5.73. The maximum absolute atomic E-state index is 10.7. The summed E-state index contributed by atoms with van der Waals surface area (Å²) in [6.07, 6.45) is 2.28. The molecule has 1 atom stereocenters. The van der Waals surface area contributed by atoms with E-state index in [1.807, 2.05) is 0 Å². The molecule has 0 rings (SSSR count). The van der Waals surface area contributed by atoms with Gasteiger partial charge in [0.15, 0.2) is 0 Å². The van der Waals surface area contributed by atoms with Crippen molar-refractivity contribution in [3.8, 4) is 0 Å². The molecule has 0 heterocycles. The van der Waals surface area contributed by atoms with Crippen LogP contribution in [0.2, 0.25) is 0 Å². The molecule has 0 aliphatic heterocycles. The Bertz CT molecular complexity index is 141. The minimum absolute atomic E-state index is 0.263. The number of aliphatic carboxylic acids is 1. The molecule has 5 nitrogen and oxygen atoms in total. The van der Waals surface area contributed by atoms with E-state index in [1.165, 1.54) is 7.11 Å². The first kappa shape index (κ1) is 12.3. The summed E-state index contributed by atoms with van der Waals surface area (Å²) in [7, 11) is 1.52.